The smallest absolute Gasteiger partial charge is 0.0798 e. The molecule has 0 radical (unpaired) electrons. The highest BCUT2D eigenvalue weighted by atomic mass is 16.3. The van der Waals surface area contributed by atoms with Gasteiger partial charge >= 0.3 is 0 Å². The molecule has 0 bridgehead atoms. The molecule has 0 saturated carbocycles. The van der Waals surface area contributed by atoms with Crippen LogP contribution in [0.3, 0.4) is 0 Å². The maximum atomic E-state index is 9.65. The Morgan fingerprint density at radius 3 is 2.83 bits per heavy atom. The Labute approximate surface area is 73.0 Å². The highest BCUT2D eigenvalue weighted by molar-refractivity contribution is 5.42. The second-order valence-corrected chi connectivity index (χ2v) is 3.71. The molecule has 64 valence electrons. The molecule has 1 aromatic rings. The van der Waals surface area contributed by atoms with Crippen LogP contribution in [0.15, 0.2) is 12.1 Å². The van der Waals surface area contributed by atoms with E-state index in [4.69, 9.17) is 0 Å². The van der Waals surface area contributed by atoms with Crippen LogP contribution in [-0.2, 0) is 6.42 Å². The van der Waals surface area contributed by atoms with Crippen LogP contribution in [0.1, 0.15) is 34.8 Å². The van der Waals surface area contributed by atoms with Gasteiger partial charge in [-0.1, -0.05) is 17.7 Å². The third kappa shape index (κ3) is 1.05. The number of hydrogen-bond donors (Lipinski definition) is 1. The van der Waals surface area contributed by atoms with Crippen LogP contribution >= 0.6 is 0 Å². The van der Waals surface area contributed by atoms with Crippen LogP contribution in [-0.4, -0.2) is 5.11 Å². The van der Waals surface area contributed by atoms with E-state index in [-0.39, 0.29) is 6.10 Å². The Hall–Kier alpha value is -0.820. The van der Waals surface area contributed by atoms with E-state index in [0.29, 0.717) is 0 Å². The van der Waals surface area contributed by atoms with Crippen molar-refractivity contribution in [1.29, 1.82) is 0 Å². The predicted molar refractivity (Wildman–Crippen MR) is 49.2 cm³/mol. The minimum Gasteiger partial charge on any atom is -0.388 e. The van der Waals surface area contributed by atoms with Gasteiger partial charge in [-0.15, -0.1) is 0 Å². The third-order valence-corrected chi connectivity index (χ3v) is 2.64. The second kappa shape index (κ2) is 2.60. The summed E-state index contributed by atoms with van der Waals surface area (Å²) < 4.78 is 0. The van der Waals surface area contributed by atoms with Crippen molar-refractivity contribution in [2.45, 2.75) is 32.8 Å². The Kier molecular flexibility index (Phi) is 1.69. The first kappa shape index (κ1) is 7.81. The van der Waals surface area contributed by atoms with E-state index in [9.17, 15) is 5.11 Å². The van der Waals surface area contributed by atoms with Crippen molar-refractivity contribution in [2.24, 2.45) is 0 Å². The number of aryl methyl sites for hydroxylation is 3. The number of benzene rings is 1. The zero-order chi connectivity index (χ0) is 8.72. The first-order valence-corrected chi connectivity index (χ1v) is 4.46. The number of aliphatic hydroxyl groups is 1. The third-order valence-electron chi connectivity index (χ3n) is 2.64. The van der Waals surface area contributed by atoms with Crippen LogP contribution in [0.4, 0.5) is 0 Å². The first-order valence-electron chi connectivity index (χ1n) is 4.46. The summed E-state index contributed by atoms with van der Waals surface area (Å²) in [4.78, 5) is 0. The van der Waals surface area contributed by atoms with Gasteiger partial charge in [-0.25, -0.2) is 0 Å². The Balaban J connectivity index is 2.60. The lowest BCUT2D eigenvalue weighted by Crippen LogP contribution is -1.94. The molecule has 1 heteroatoms. The molecule has 1 aliphatic carbocycles. The highest BCUT2D eigenvalue weighted by Crippen LogP contribution is 2.33. The first-order chi connectivity index (χ1) is 5.68. The standard InChI is InChI=1S/C11H14O/c1-7-5-8(2)11-9(6-7)3-4-10(11)12/h5-6,10,12H,3-4H2,1-2H3. The van der Waals surface area contributed by atoms with E-state index >= 15 is 0 Å². The van der Waals surface area contributed by atoms with Crippen molar-refractivity contribution in [3.8, 4) is 0 Å². The SMILES string of the molecule is Cc1cc(C)c2c(c1)CCC2O. The number of fused-ring (bicyclic) bond motifs is 1. The van der Waals surface area contributed by atoms with Gasteiger partial charge in [0, 0.05) is 0 Å². The van der Waals surface area contributed by atoms with Gasteiger partial charge in [0.15, 0.2) is 0 Å². The van der Waals surface area contributed by atoms with Crippen molar-refractivity contribution in [3.05, 3.63) is 34.4 Å². The zero-order valence-electron chi connectivity index (χ0n) is 7.59. The molecule has 1 nitrogen and oxygen atoms in total. The molecule has 0 aromatic heterocycles. The fourth-order valence-electron chi connectivity index (χ4n) is 2.19. The molecule has 1 atom stereocenters. The molecule has 0 heterocycles. The lowest BCUT2D eigenvalue weighted by atomic mass is 10.0. The number of rotatable bonds is 0. The summed E-state index contributed by atoms with van der Waals surface area (Å²) in [5, 5.41) is 9.65. The van der Waals surface area contributed by atoms with Crippen LogP contribution in [0.25, 0.3) is 0 Å². The summed E-state index contributed by atoms with van der Waals surface area (Å²) in [6.45, 7) is 4.19. The van der Waals surface area contributed by atoms with Crippen molar-refractivity contribution in [2.75, 3.05) is 0 Å². The van der Waals surface area contributed by atoms with Crippen molar-refractivity contribution >= 4 is 0 Å². The fourth-order valence-corrected chi connectivity index (χ4v) is 2.19. The van der Waals surface area contributed by atoms with E-state index < -0.39 is 0 Å². The molecule has 1 aromatic carbocycles. The van der Waals surface area contributed by atoms with E-state index in [0.717, 1.165) is 12.8 Å². The van der Waals surface area contributed by atoms with Gasteiger partial charge < -0.3 is 5.11 Å². The van der Waals surface area contributed by atoms with Gasteiger partial charge in [-0.3, -0.25) is 0 Å². The van der Waals surface area contributed by atoms with Crippen LogP contribution in [0.2, 0.25) is 0 Å². The van der Waals surface area contributed by atoms with Gasteiger partial charge in [0.05, 0.1) is 6.10 Å². The summed E-state index contributed by atoms with van der Waals surface area (Å²) in [5.41, 5.74) is 5.08. The molecular weight excluding hydrogens is 148 g/mol. The molecule has 1 aliphatic rings. The average Bonchev–Trinajstić information content (AvgIpc) is 2.31. The van der Waals surface area contributed by atoms with Gasteiger partial charge in [0.25, 0.3) is 0 Å². The van der Waals surface area contributed by atoms with Gasteiger partial charge in [-0.05, 0) is 43.4 Å². The molecule has 1 unspecified atom stereocenters. The fraction of sp³-hybridized carbons (Fsp3) is 0.455. The Morgan fingerprint density at radius 1 is 1.33 bits per heavy atom. The molecule has 0 spiro atoms. The summed E-state index contributed by atoms with van der Waals surface area (Å²) in [5.74, 6) is 0. The minimum absolute atomic E-state index is 0.208. The summed E-state index contributed by atoms with van der Waals surface area (Å²) >= 11 is 0. The predicted octanol–water partition coefficient (Wildman–Crippen LogP) is 2.28. The maximum Gasteiger partial charge on any atom is 0.0798 e. The molecular formula is C11H14O. The Morgan fingerprint density at radius 2 is 2.08 bits per heavy atom. The normalized spacial score (nSPS) is 21.1. The largest absolute Gasteiger partial charge is 0.388 e. The zero-order valence-corrected chi connectivity index (χ0v) is 7.59. The monoisotopic (exact) mass is 162 g/mol. The quantitative estimate of drug-likeness (QED) is 0.620. The molecule has 0 fully saturated rings. The van der Waals surface area contributed by atoms with E-state index in [1.165, 1.54) is 22.3 Å². The highest BCUT2D eigenvalue weighted by Gasteiger charge is 2.21. The Bertz CT molecular complexity index is 315. The van der Waals surface area contributed by atoms with E-state index in [2.05, 4.69) is 26.0 Å². The van der Waals surface area contributed by atoms with Crippen LogP contribution in [0, 0.1) is 13.8 Å². The van der Waals surface area contributed by atoms with Crippen molar-refractivity contribution in [3.63, 3.8) is 0 Å². The maximum absolute atomic E-state index is 9.65. The van der Waals surface area contributed by atoms with E-state index in [1.807, 2.05) is 0 Å². The number of aliphatic hydroxyl groups excluding tert-OH is 1. The molecule has 2 rings (SSSR count). The van der Waals surface area contributed by atoms with Crippen molar-refractivity contribution in [1.82, 2.24) is 0 Å². The lowest BCUT2D eigenvalue weighted by molar-refractivity contribution is 0.179. The molecule has 12 heavy (non-hydrogen) atoms. The lowest BCUT2D eigenvalue weighted by Gasteiger charge is -2.08. The van der Waals surface area contributed by atoms with Crippen LogP contribution < -0.4 is 0 Å². The molecule has 0 amide bonds. The molecule has 0 saturated heterocycles. The van der Waals surface area contributed by atoms with Gasteiger partial charge in [-0.2, -0.15) is 0 Å². The summed E-state index contributed by atoms with van der Waals surface area (Å²) in [7, 11) is 0. The number of hydrogen-bond acceptors (Lipinski definition) is 1. The van der Waals surface area contributed by atoms with Gasteiger partial charge in [0.1, 0.15) is 0 Å². The molecule has 0 aliphatic heterocycles. The van der Waals surface area contributed by atoms with Crippen molar-refractivity contribution < 1.29 is 5.11 Å². The molecule has 1 N–H and O–H groups in total. The minimum atomic E-state index is -0.208. The van der Waals surface area contributed by atoms with Crippen LogP contribution in [0.5, 0.6) is 0 Å². The average molecular weight is 162 g/mol. The summed E-state index contributed by atoms with van der Waals surface area (Å²) in [6, 6.07) is 4.34. The summed E-state index contributed by atoms with van der Waals surface area (Å²) in [6.07, 6.45) is 1.74. The van der Waals surface area contributed by atoms with E-state index in [1.54, 1.807) is 0 Å². The van der Waals surface area contributed by atoms with Gasteiger partial charge in [0.2, 0.25) is 0 Å². The second-order valence-electron chi connectivity index (χ2n) is 3.71. The topological polar surface area (TPSA) is 20.2 Å².